The predicted octanol–water partition coefficient (Wildman–Crippen LogP) is 3.18. The zero-order valence-electron chi connectivity index (χ0n) is 19.3. The van der Waals surface area contributed by atoms with Crippen molar-refractivity contribution < 1.29 is 33.3 Å². The summed E-state index contributed by atoms with van der Waals surface area (Å²) in [6, 6.07) is 11.4. The molecule has 2 aromatic rings. The molecule has 0 aromatic heterocycles. The van der Waals surface area contributed by atoms with Gasteiger partial charge in [-0.2, -0.15) is 0 Å². The molecular weight excluding hydrogens is 428 g/mol. The van der Waals surface area contributed by atoms with Gasteiger partial charge in [0.2, 0.25) is 0 Å². The number of benzene rings is 2. The highest BCUT2D eigenvalue weighted by atomic mass is 16.5. The highest BCUT2D eigenvalue weighted by Crippen LogP contribution is 2.29. The van der Waals surface area contributed by atoms with Crippen LogP contribution in [0.5, 0.6) is 17.2 Å². The van der Waals surface area contributed by atoms with Gasteiger partial charge in [-0.1, -0.05) is 25.5 Å². The van der Waals surface area contributed by atoms with Gasteiger partial charge in [-0.15, -0.1) is 0 Å². The molecule has 0 heterocycles. The first-order chi connectivity index (χ1) is 15.9. The van der Waals surface area contributed by atoms with Gasteiger partial charge in [0.1, 0.15) is 5.75 Å². The Hall–Kier alpha value is -3.75. The second kappa shape index (κ2) is 12.9. The molecule has 0 spiro atoms. The van der Waals surface area contributed by atoms with E-state index in [1.807, 2.05) is 13.8 Å². The number of carbonyl (C=O) groups is 3. The molecule has 2 aromatic carbocycles. The van der Waals surface area contributed by atoms with Crippen LogP contribution in [-0.2, 0) is 14.3 Å². The molecular formula is C24H30N2O7. The number of rotatable bonds is 12. The molecule has 33 heavy (non-hydrogen) atoms. The van der Waals surface area contributed by atoms with Gasteiger partial charge in [-0.3, -0.25) is 9.59 Å². The Bertz CT molecular complexity index is 962. The van der Waals surface area contributed by atoms with E-state index in [9.17, 15) is 14.4 Å². The number of nitrogens with one attached hydrogen (secondary N) is 2. The molecule has 9 nitrogen and oxygen atoms in total. The number of methoxy groups -OCH3 is 2. The number of esters is 1. The van der Waals surface area contributed by atoms with Crippen LogP contribution in [0, 0.1) is 0 Å². The maximum absolute atomic E-state index is 12.3. The molecule has 2 N–H and O–H groups in total. The standard InChI is InChI=1S/C24H30N2O7/c1-5-8-16(2)25-22(27)15-33-24(29)17-11-12-20(21(13-17)31-4)32-14-23(28)26-18-9-6-7-10-19(18)30-3/h6-7,9-13,16H,5,8,14-15H2,1-4H3,(H,25,27)(H,26,28). The van der Waals surface area contributed by atoms with Crippen LogP contribution in [-0.4, -0.2) is 51.3 Å². The topological polar surface area (TPSA) is 112 Å². The second-order valence-corrected chi connectivity index (χ2v) is 7.24. The number of ether oxygens (including phenoxy) is 4. The largest absolute Gasteiger partial charge is 0.495 e. The van der Waals surface area contributed by atoms with E-state index in [0.717, 1.165) is 12.8 Å². The van der Waals surface area contributed by atoms with Gasteiger partial charge < -0.3 is 29.6 Å². The number of hydrogen-bond donors (Lipinski definition) is 2. The van der Waals surface area contributed by atoms with Crippen molar-refractivity contribution in [3.05, 3.63) is 48.0 Å². The van der Waals surface area contributed by atoms with Crippen LogP contribution in [0.1, 0.15) is 37.0 Å². The van der Waals surface area contributed by atoms with Crippen LogP contribution in [0.3, 0.4) is 0 Å². The summed E-state index contributed by atoms with van der Waals surface area (Å²) in [5, 5.41) is 5.47. The van der Waals surface area contributed by atoms with Crippen molar-refractivity contribution in [2.75, 3.05) is 32.8 Å². The minimum absolute atomic E-state index is 0.0120. The minimum atomic E-state index is -0.674. The SMILES string of the molecule is CCCC(C)NC(=O)COC(=O)c1ccc(OCC(=O)Nc2ccccc2OC)c(OC)c1. The maximum atomic E-state index is 12.3. The Balaban J connectivity index is 1.92. The van der Waals surface area contributed by atoms with E-state index in [1.54, 1.807) is 24.3 Å². The summed E-state index contributed by atoms with van der Waals surface area (Å²) in [7, 11) is 2.92. The van der Waals surface area contributed by atoms with Crippen molar-refractivity contribution in [1.29, 1.82) is 0 Å². The van der Waals surface area contributed by atoms with Crippen LogP contribution in [0.4, 0.5) is 5.69 Å². The summed E-state index contributed by atoms with van der Waals surface area (Å²) >= 11 is 0. The third-order valence-electron chi connectivity index (χ3n) is 4.60. The molecule has 2 amide bonds. The molecule has 0 fully saturated rings. The summed E-state index contributed by atoms with van der Waals surface area (Å²) in [6.07, 6.45) is 1.78. The average Bonchev–Trinajstić information content (AvgIpc) is 2.81. The number of amides is 2. The van der Waals surface area contributed by atoms with Crippen LogP contribution in [0.25, 0.3) is 0 Å². The van der Waals surface area contributed by atoms with Gasteiger partial charge in [0.25, 0.3) is 11.8 Å². The van der Waals surface area contributed by atoms with E-state index in [1.165, 1.54) is 32.4 Å². The van der Waals surface area contributed by atoms with Crippen molar-refractivity contribution in [1.82, 2.24) is 5.32 Å². The molecule has 0 bridgehead atoms. The normalized spacial score (nSPS) is 11.2. The molecule has 0 aliphatic heterocycles. The van der Waals surface area contributed by atoms with Gasteiger partial charge in [-0.25, -0.2) is 4.79 Å². The van der Waals surface area contributed by atoms with E-state index in [-0.39, 0.29) is 42.2 Å². The Kier molecular flexibility index (Phi) is 10.0. The molecule has 0 radical (unpaired) electrons. The first-order valence-corrected chi connectivity index (χ1v) is 10.6. The zero-order chi connectivity index (χ0) is 24.2. The Morgan fingerprint density at radius 2 is 1.64 bits per heavy atom. The summed E-state index contributed by atoms with van der Waals surface area (Å²) in [6.45, 7) is 3.25. The predicted molar refractivity (Wildman–Crippen MR) is 123 cm³/mol. The van der Waals surface area contributed by atoms with Gasteiger partial charge >= 0.3 is 5.97 Å². The first kappa shape index (κ1) is 25.5. The summed E-state index contributed by atoms with van der Waals surface area (Å²) in [5.74, 6) is -0.386. The highest BCUT2D eigenvalue weighted by Gasteiger charge is 2.16. The highest BCUT2D eigenvalue weighted by molar-refractivity contribution is 5.94. The molecule has 0 saturated heterocycles. The lowest BCUT2D eigenvalue weighted by Gasteiger charge is -2.14. The summed E-state index contributed by atoms with van der Waals surface area (Å²) < 4.78 is 21.1. The van der Waals surface area contributed by atoms with E-state index in [0.29, 0.717) is 11.4 Å². The van der Waals surface area contributed by atoms with Crippen molar-refractivity contribution in [2.45, 2.75) is 32.7 Å². The van der Waals surface area contributed by atoms with E-state index in [4.69, 9.17) is 18.9 Å². The molecule has 1 atom stereocenters. The average molecular weight is 459 g/mol. The van der Waals surface area contributed by atoms with E-state index in [2.05, 4.69) is 10.6 Å². The molecule has 1 unspecified atom stereocenters. The van der Waals surface area contributed by atoms with Crippen LogP contribution >= 0.6 is 0 Å². The molecule has 178 valence electrons. The Morgan fingerprint density at radius 3 is 2.33 bits per heavy atom. The maximum Gasteiger partial charge on any atom is 0.338 e. The van der Waals surface area contributed by atoms with Crippen LogP contribution in [0.15, 0.2) is 42.5 Å². The van der Waals surface area contributed by atoms with Crippen molar-refractivity contribution in [3.63, 3.8) is 0 Å². The van der Waals surface area contributed by atoms with E-state index < -0.39 is 11.9 Å². The molecule has 9 heteroatoms. The molecule has 2 rings (SSSR count). The molecule has 0 aliphatic rings. The summed E-state index contributed by atoms with van der Waals surface area (Å²) in [4.78, 5) is 36.4. The van der Waals surface area contributed by atoms with E-state index >= 15 is 0 Å². The van der Waals surface area contributed by atoms with Gasteiger partial charge in [0.15, 0.2) is 24.7 Å². The van der Waals surface area contributed by atoms with Crippen molar-refractivity contribution >= 4 is 23.5 Å². The fraction of sp³-hybridized carbons (Fsp3) is 0.375. The summed E-state index contributed by atoms with van der Waals surface area (Å²) in [5.41, 5.74) is 0.707. The fourth-order valence-electron chi connectivity index (χ4n) is 3.03. The zero-order valence-corrected chi connectivity index (χ0v) is 19.3. The minimum Gasteiger partial charge on any atom is -0.495 e. The first-order valence-electron chi connectivity index (χ1n) is 10.6. The van der Waals surface area contributed by atoms with Gasteiger partial charge in [-0.05, 0) is 43.7 Å². The van der Waals surface area contributed by atoms with Crippen LogP contribution in [0.2, 0.25) is 0 Å². The number of para-hydroxylation sites is 2. The van der Waals surface area contributed by atoms with Crippen molar-refractivity contribution in [3.8, 4) is 17.2 Å². The third kappa shape index (κ3) is 8.03. The van der Waals surface area contributed by atoms with Crippen LogP contribution < -0.4 is 24.8 Å². The lowest BCUT2D eigenvalue weighted by atomic mass is 10.2. The lowest BCUT2D eigenvalue weighted by Crippen LogP contribution is -2.35. The number of hydrogen-bond acceptors (Lipinski definition) is 7. The third-order valence-corrected chi connectivity index (χ3v) is 4.60. The van der Waals surface area contributed by atoms with Gasteiger partial charge in [0, 0.05) is 6.04 Å². The quantitative estimate of drug-likeness (QED) is 0.470. The number of anilines is 1. The second-order valence-electron chi connectivity index (χ2n) is 7.24. The molecule has 0 aliphatic carbocycles. The Labute approximate surface area is 193 Å². The lowest BCUT2D eigenvalue weighted by molar-refractivity contribution is -0.124. The Morgan fingerprint density at radius 1 is 0.909 bits per heavy atom. The number of carbonyl (C=O) groups excluding carboxylic acids is 3. The smallest absolute Gasteiger partial charge is 0.338 e. The molecule has 0 saturated carbocycles. The van der Waals surface area contributed by atoms with Crippen molar-refractivity contribution in [2.24, 2.45) is 0 Å². The monoisotopic (exact) mass is 458 g/mol. The van der Waals surface area contributed by atoms with Gasteiger partial charge in [0.05, 0.1) is 25.5 Å². The fourth-order valence-corrected chi connectivity index (χ4v) is 3.03.